The van der Waals surface area contributed by atoms with Gasteiger partial charge in [0.05, 0.1) is 5.92 Å². The molecule has 1 aliphatic heterocycles. The second kappa shape index (κ2) is 10.1. The molecule has 0 spiro atoms. The van der Waals surface area contributed by atoms with E-state index in [9.17, 15) is 22.8 Å². The molecule has 0 aromatic heterocycles. The van der Waals surface area contributed by atoms with Crippen LogP contribution in [0.5, 0.6) is 5.75 Å². The molecule has 6 nitrogen and oxygen atoms in total. The number of carbonyl (C=O) groups is 2. The van der Waals surface area contributed by atoms with Gasteiger partial charge in [0.2, 0.25) is 11.8 Å². The zero-order valence-corrected chi connectivity index (χ0v) is 17.4. The minimum Gasteiger partial charge on any atom is -0.406 e. The van der Waals surface area contributed by atoms with E-state index in [0.29, 0.717) is 5.69 Å². The number of alkyl halides is 3. The normalized spacial score (nSPS) is 21.3. The van der Waals surface area contributed by atoms with Crippen LogP contribution in [0.15, 0.2) is 54.6 Å². The van der Waals surface area contributed by atoms with E-state index in [1.165, 1.54) is 12.1 Å². The molecule has 3 unspecified atom stereocenters. The van der Waals surface area contributed by atoms with Crippen molar-refractivity contribution in [3.05, 3.63) is 60.2 Å². The Morgan fingerprint density at radius 1 is 1.13 bits per heavy atom. The number of anilines is 1. The van der Waals surface area contributed by atoms with Gasteiger partial charge in [-0.1, -0.05) is 30.3 Å². The maximum absolute atomic E-state index is 12.5. The van der Waals surface area contributed by atoms with E-state index in [1.807, 2.05) is 37.3 Å². The summed E-state index contributed by atoms with van der Waals surface area (Å²) >= 11 is 1.55. The molecule has 1 heterocycles. The Morgan fingerprint density at radius 3 is 2.42 bits per heavy atom. The van der Waals surface area contributed by atoms with Crippen LogP contribution in [0.25, 0.3) is 0 Å². The number of rotatable bonds is 7. The summed E-state index contributed by atoms with van der Waals surface area (Å²) in [5, 5.41) is 8.76. The van der Waals surface area contributed by atoms with Crippen LogP contribution in [-0.4, -0.2) is 29.7 Å². The quantitative estimate of drug-likeness (QED) is 0.594. The van der Waals surface area contributed by atoms with Gasteiger partial charge in [0, 0.05) is 23.9 Å². The number of nitrogens with one attached hydrogen (secondary N) is 3. The number of amides is 2. The summed E-state index contributed by atoms with van der Waals surface area (Å²) in [4.78, 5) is 24.9. The molecule has 31 heavy (non-hydrogen) atoms. The lowest BCUT2D eigenvalue weighted by Gasteiger charge is -2.35. The van der Waals surface area contributed by atoms with Crippen molar-refractivity contribution < 1.29 is 27.5 Å². The van der Waals surface area contributed by atoms with Gasteiger partial charge in [0.25, 0.3) is 0 Å². The second-order valence-corrected chi connectivity index (χ2v) is 8.16. The van der Waals surface area contributed by atoms with E-state index in [-0.39, 0.29) is 29.6 Å². The SMILES string of the molecule is CC1NC(SCc2ccccc2)NC(=O)C1CC(=O)Nc1ccc(OC(F)(F)F)cc1. The summed E-state index contributed by atoms with van der Waals surface area (Å²) in [5.74, 6) is -0.852. The standard InChI is InChI=1S/C21H22F3N3O3S/c1-13-17(19(29)27-20(25-13)31-12-14-5-3-2-4-6-14)11-18(28)26-15-7-9-16(10-8-15)30-21(22,23)24/h2-10,13,17,20,25H,11-12H2,1H3,(H,26,28)(H,27,29). The van der Waals surface area contributed by atoms with E-state index in [0.717, 1.165) is 23.4 Å². The average molecular weight is 453 g/mol. The first-order valence-electron chi connectivity index (χ1n) is 9.57. The van der Waals surface area contributed by atoms with Crippen LogP contribution >= 0.6 is 11.8 Å². The Morgan fingerprint density at radius 2 is 1.81 bits per heavy atom. The third kappa shape index (κ3) is 7.18. The van der Waals surface area contributed by atoms with Crippen LogP contribution < -0.4 is 20.7 Å². The van der Waals surface area contributed by atoms with Crippen LogP contribution in [0.4, 0.5) is 18.9 Å². The number of ether oxygens (including phenoxy) is 1. The van der Waals surface area contributed by atoms with Crippen molar-refractivity contribution in [2.24, 2.45) is 5.92 Å². The van der Waals surface area contributed by atoms with Gasteiger partial charge in [0.1, 0.15) is 11.2 Å². The first kappa shape index (κ1) is 23.0. The van der Waals surface area contributed by atoms with Crippen molar-refractivity contribution in [1.82, 2.24) is 10.6 Å². The van der Waals surface area contributed by atoms with Gasteiger partial charge in [0.15, 0.2) is 0 Å². The minimum atomic E-state index is -4.78. The van der Waals surface area contributed by atoms with Crippen LogP contribution in [0.3, 0.4) is 0 Å². The Balaban J connectivity index is 1.48. The lowest BCUT2D eigenvalue weighted by Crippen LogP contribution is -2.59. The Bertz CT molecular complexity index is 894. The monoisotopic (exact) mass is 453 g/mol. The molecule has 0 saturated carbocycles. The zero-order chi connectivity index (χ0) is 22.4. The first-order valence-corrected chi connectivity index (χ1v) is 10.6. The fraction of sp³-hybridized carbons (Fsp3) is 0.333. The van der Waals surface area contributed by atoms with E-state index in [4.69, 9.17) is 0 Å². The molecule has 3 atom stereocenters. The third-order valence-electron chi connectivity index (χ3n) is 4.66. The highest BCUT2D eigenvalue weighted by Gasteiger charge is 2.35. The first-order chi connectivity index (χ1) is 14.7. The molecule has 3 rings (SSSR count). The van der Waals surface area contributed by atoms with Gasteiger partial charge >= 0.3 is 6.36 Å². The zero-order valence-electron chi connectivity index (χ0n) is 16.6. The molecule has 1 fully saturated rings. The maximum Gasteiger partial charge on any atom is 0.573 e. The molecular formula is C21H22F3N3O3S. The van der Waals surface area contributed by atoms with Crippen molar-refractivity contribution in [3.8, 4) is 5.75 Å². The van der Waals surface area contributed by atoms with Gasteiger partial charge in [-0.2, -0.15) is 0 Å². The predicted octanol–water partition coefficient (Wildman–Crippen LogP) is 3.85. The van der Waals surface area contributed by atoms with Gasteiger partial charge in [-0.05, 0) is 36.8 Å². The average Bonchev–Trinajstić information content (AvgIpc) is 2.70. The summed E-state index contributed by atoms with van der Waals surface area (Å²) < 4.78 is 40.4. The largest absolute Gasteiger partial charge is 0.573 e. The smallest absolute Gasteiger partial charge is 0.406 e. The number of hydrogen-bond donors (Lipinski definition) is 3. The highest BCUT2D eigenvalue weighted by molar-refractivity contribution is 7.99. The molecule has 1 saturated heterocycles. The van der Waals surface area contributed by atoms with Crippen molar-refractivity contribution in [2.45, 2.75) is 37.0 Å². The summed E-state index contributed by atoms with van der Waals surface area (Å²) in [7, 11) is 0. The molecule has 3 N–H and O–H groups in total. The summed E-state index contributed by atoms with van der Waals surface area (Å²) in [6, 6.07) is 14.5. The molecule has 0 radical (unpaired) electrons. The number of benzene rings is 2. The van der Waals surface area contributed by atoms with Crippen molar-refractivity contribution in [3.63, 3.8) is 0 Å². The highest BCUT2D eigenvalue weighted by atomic mass is 32.2. The third-order valence-corrected chi connectivity index (χ3v) is 5.75. The summed E-state index contributed by atoms with van der Waals surface area (Å²) in [6.45, 7) is 1.84. The van der Waals surface area contributed by atoms with Crippen molar-refractivity contribution >= 4 is 29.3 Å². The molecule has 2 aromatic rings. The fourth-order valence-corrected chi connectivity index (χ4v) is 4.19. The molecule has 1 aliphatic rings. The highest BCUT2D eigenvalue weighted by Crippen LogP contribution is 2.25. The number of hydrogen-bond acceptors (Lipinski definition) is 5. The van der Waals surface area contributed by atoms with Crippen LogP contribution in [0, 0.1) is 5.92 Å². The number of carbonyl (C=O) groups excluding carboxylic acids is 2. The van der Waals surface area contributed by atoms with E-state index in [1.54, 1.807) is 11.8 Å². The second-order valence-electron chi connectivity index (χ2n) is 7.07. The van der Waals surface area contributed by atoms with E-state index in [2.05, 4.69) is 20.7 Å². The molecule has 2 amide bonds. The van der Waals surface area contributed by atoms with Gasteiger partial charge in [-0.25, -0.2) is 0 Å². The van der Waals surface area contributed by atoms with E-state index < -0.39 is 18.2 Å². The lowest BCUT2D eigenvalue weighted by molar-refractivity contribution is -0.274. The summed E-state index contributed by atoms with van der Waals surface area (Å²) in [5.41, 5.74) is 1.19. The Kier molecular flexibility index (Phi) is 7.45. The predicted molar refractivity (Wildman–Crippen MR) is 112 cm³/mol. The Hall–Kier alpha value is -2.72. The minimum absolute atomic E-state index is 0.0587. The topological polar surface area (TPSA) is 79.5 Å². The van der Waals surface area contributed by atoms with Crippen LogP contribution in [-0.2, 0) is 15.3 Å². The van der Waals surface area contributed by atoms with Crippen molar-refractivity contribution in [1.29, 1.82) is 0 Å². The van der Waals surface area contributed by atoms with Gasteiger partial charge in [-0.15, -0.1) is 24.9 Å². The number of thioether (sulfide) groups is 1. The fourth-order valence-electron chi connectivity index (χ4n) is 3.12. The van der Waals surface area contributed by atoms with Crippen molar-refractivity contribution in [2.75, 3.05) is 5.32 Å². The molecule has 2 aromatic carbocycles. The maximum atomic E-state index is 12.5. The number of halogens is 3. The molecule has 10 heteroatoms. The van der Waals surface area contributed by atoms with Gasteiger partial charge < -0.3 is 15.4 Å². The lowest BCUT2D eigenvalue weighted by atomic mass is 9.94. The molecule has 166 valence electrons. The van der Waals surface area contributed by atoms with E-state index >= 15 is 0 Å². The molecular weight excluding hydrogens is 431 g/mol. The Labute approximate surface area is 181 Å². The van der Waals surface area contributed by atoms with Crippen LogP contribution in [0.2, 0.25) is 0 Å². The van der Waals surface area contributed by atoms with Gasteiger partial charge in [-0.3, -0.25) is 14.9 Å². The van der Waals surface area contributed by atoms with Crippen LogP contribution in [0.1, 0.15) is 18.9 Å². The molecule has 0 aliphatic carbocycles. The summed E-state index contributed by atoms with van der Waals surface area (Å²) in [6.07, 6.45) is -4.84. The molecule has 0 bridgehead atoms.